The summed E-state index contributed by atoms with van der Waals surface area (Å²) in [6, 6.07) is -0.328. The van der Waals surface area contributed by atoms with Crippen molar-refractivity contribution in [2.75, 3.05) is 32.9 Å². The van der Waals surface area contributed by atoms with Crippen molar-refractivity contribution < 1.29 is 13.2 Å². The molecule has 6 nitrogen and oxygen atoms in total. The van der Waals surface area contributed by atoms with Crippen molar-refractivity contribution in [2.24, 2.45) is 0 Å². The van der Waals surface area contributed by atoms with Gasteiger partial charge in [-0.15, -0.1) is 0 Å². The lowest BCUT2D eigenvalue weighted by molar-refractivity contribution is 0.241. The van der Waals surface area contributed by atoms with E-state index in [1.807, 2.05) is 6.92 Å². The normalized spacial score (nSPS) is 11.5. The third-order valence-corrected chi connectivity index (χ3v) is 3.57. The summed E-state index contributed by atoms with van der Waals surface area (Å²) < 4.78 is 23.7. The fourth-order valence-corrected chi connectivity index (χ4v) is 1.50. The van der Waals surface area contributed by atoms with Gasteiger partial charge < -0.3 is 10.6 Å². The molecule has 0 unspecified atom stereocenters. The average molecular weight is 237 g/mol. The third-order valence-electron chi connectivity index (χ3n) is 1.74. The van der Waals surface area contributed by atoms with Gasteiger partial charge >= 0.3 is 6.03 Å². The number of carbonyl (C=O) groups excluding carboxylic acids is 1. The maximum absolute atomic E-state index is 11.3. The topological polar surface area (TPSA) is 78.5 Å². The Labute approximate surface area is 91.1 Å². The van der Waals surface area contributed by atoms with E-state index >= 15 is 0 Å². The van der Waals surface area contributed by atoms with E-state index in [2.05, 4.69) is 10.6 Å². The molecule has 0 saturated heterocycles. The smallest absolute Gasteiger partial charge is 0.314 e. The SMILES string of the molecule is CCCNC(=O)NCCS(=O)(=O)N(C)C. The van der Waals surface area contributed by atoms with E-state index < -0.39 is 10.0 Å². The first-order valence-corrected chi connectivity index (χ1v) is 6.43. The van der Waals surface area contributed by atoms with Crippen LogP contribution in [0.25, 0.3) is 0 Å². The van der Waals surface area contributed by atoms with Crippen LogP contribution in [0.15, 0.2) is 0 Å². The van der Waals surface area contributed by atoms with Crippen molar-refractivity contribution in [1.82, 2.24) is 14.9 Å². The summed E-state index contributed by atoms with van der Waals surface area (Å²) in [6.45, 7) is 2.65. The number of sulfonamides is 1. The Hall–Kier alpha value is -0.820. The molecule has 0 rings (SSSR count). The zero-order valence-electron chi connectivity index (χ0n) is 9.41. The molecule has 0 aliphatic rings. The molecule has 90 valence electrons. The van der Waals surface area contributed by atoms with Gasteiger partial charge in [0.25, 0.3) is 0 Å². The lowest BCUT2D eigenvalue weighted by Gasteiger charge is -2.11. The van der Waals surface area contributed by atoms with Crippen molar-refractivity contribution in [1.29, 1.82) is 0 Å². The highest BCUT2D eigenvalue weighted by molar-refractivity contribution is 7.89. The van der Waals surface area contributed by atoms with E-state index in [1.54, 1.807) is 0 Å². The van der Waals surface area contributed by atoms with Crippen LogP contribution >= 0.6 is 0 Å². The number of urea groups is 1. The number of nitrogens with one attached hydrogen (secondary N) is 2. The molecule has 0 radical (unpaired) electrons. The quantitative estimate of drug-likeness (QED) is 0.659. The number of nitrogens with zero attached hydrogens (tertiary/aromatic N) is 1. The number of hydrogen-bond acceptors (Lipinski definition) is 3. The predicted octanol–water partition coefficient (Wildman–Crippen LogP) is -0.413. The molecule has 0 saturated carbocycles. The van der Waals surface area contributed by atoms with Gasteiger partial charge in [-0.1, -0.05) is 6.92 Å². The minimum Gasteiger partial charge on any atom is -0.338 e. The van der Waals surface area contributed by atoms with Crippen LogP contribution in [-0.2, 0) is 10.0 Å². The highest BCUT2D eigenvalue weighted by Gasteiger charge is 2.13. The summed E-state index contributed by atoms with van der Waals surface area (Å²) in [5.74, 6) is -0.0838. The van der Waals surface area contributed by atoms with Crippen LogP contribution in [-0.4, -0.2) is 51.7 Å². The lowest BCUT2D eigenvalue weighted by atomic mass is 10.5. The lowest BCUT2D eigenvalue weighted by Crippen LogP contribution is -2.39. The van der Waals surface area contributed by atoms with Crippen LogP contribution in [0.2, 0.25) is 0 Å². The molecule has 0 spiro atoms. The van der Waals surface area contributed by atoms with E-state index in [9.17, 15) is 13.2 Å². The maximum Gasteiger partial charge on any atom is 0.314 e. The van der Waals surface area contributed by atoms with Crippen molar-refractivity contribution in [3.05, 3.63) is 0 Å². The summed E-state index contributed by atoms with van der Waals surface area (Å²) in [6.07, 6.45) is 0.851. The molecule has 0 bridgehead atoms. The fourth-order valence-electron chi connectivity index (χ4n) is 0.777. The van der Waals surface area contributed by atoms with E-state index in [1.165, 1.54) is 14.1 Å². The van der Waals surface area contributed by atoms with E-state index in [-0.39, 0.29) is 18.3 Å². The van der Waals surface area contributed by atoms with Crippen molar-refractivity contribution in [3.63, 3.8) is 0 Å². The molecule has 0 aromatic heterocycles. The van der Waals surface area contributed by atoms with E-state index in [4.69, 9.17) is 0 Å². The van der Waals surface area contributed by atoms with Gasteiger partial charge in [0.2, 0.25) is 10.0 Å². The Kier molecular flexibility index (Phi) is 6.26. The third kappa shape index (κ3) is 6.29. The first-order valence-electron chi connectivity index (χ1n) is 4.82. The molecule has 0 aliphatic heterocycles. The highest BCUT2D eigenvalue weighted by Crippen LogP contribution is 1.91. The van der Waals surface area contributed by atoms with Gasteiger partial charge in [-0.3, -0.25) is 0 Å². The standard InChI is InChI=1S/C8H19N3O3S/c1-4-5-9-8(12)10-6-7-15(13,14)11(2)3/h4-7H2,1-3H3,(H2,9,10,12). The molecule has 2 N–H and O–H groups in total. The van der Waals surface area contributed by atoms with Crippen LogP contribution in [0, 0.1) is 0 Å². The van der Waals surface area contributed by atoms with Gasteiger partial charge in [0.05, 0.1) is 5.75 Å². The minimum absolute atomic E-state index is 0.0838. The van der Waals surface area contributed by atoms with Crippen molar-refractivity contribution in [2.45, 2.75) is 13.3 Å². The number of carbonyl (C=O) groups is 1. The summed E-state index contributed by atoms with van der Waals surface area (Å²) in [7, 11) is -0.294. The summed E-state index contributed by atoms with van der Waals surface area (Å²) in [5.41, 5.74) is 0. The molecule has 7 heteroatoms. The van der Waals surface area contributed by atoms with E-state index in [0.717, 1.165) is 10.7 Å². The molecular formula is C8H19N3O3S. The largest absolute Gasteiger partial charge is 0.338 e. The first kappa shape index (κ1) is 14.2. The average Bonchev–Trinajstić information content (AvgIpc) is 2.14. The zero-order chi connectivity index (χ0) is 11.9. The van der Waals surface area contributed by atoms with Gasteiger partial charge in [-0.25, -0.2) is 17.5 Å². The Balaban J connectivity index is 3.75. The van der Waals surface area contributed by atoms with Gasteiger partial charge in [0.1, 0.15) is 0 Å². The van der Waals surface area contributed by atoms with Crippen molar-refractivity contribution in [3.8, 4) is 0 Å². The Morgan fingerprint density at radius 2 is 1.73 bits per heavy atom. The number of hydrogen-bond donors (Lipinski definition) is 2. The summed E-state index contributed by atoms with van der Waals surface area (Å²) >= 11 is 0. The fraction of sp³-hybridized carbons (Fsp3) is 0.875. The second-order valence-corrected chi connectivity index (χ2v) is 5.58. The van der Waals surface area contributed by atoms with Gasteiger partial charge in [0.15, 0.2) is 0 Å². The number of amides is 2. The maximum atomic E-state index is 11.3. The van der Waals surface area contributed by atoms with Crippen molar-refractivity contribution >= 4 is 16.1 Å². The monoisotopic (exact) mass is 237 g/mol. The van der Waals surface area contributed by atoms with Crippen LogP contribution in [0.3, 0.4) is 0 Å². The molecule has 0 aromatic carbocycles. The van der Waals surface area contributed by atoms with Crippen LogP contribution < -0.4 is 10.6 Å². The summed E-state index contributed by atoms with van der Waals surface area (Å²) in [5, 5.41) is 5.06. The Morgan fingerprint density at radius 1 is 1.20 bits per heavy atom. The molecule has 0 aliphatic carbocycles. The number of rotatable bonds is 6. The second-order valence-electron chi connectivity index (χ2n) is 3.28. The molecular weight excluding hydrogens is 218 g/mol. The highest BCUT2D eigenvalue weighted by atomic mass is 32.2. The Morgan fingerprint density at radius 3 is 2.20 bits per heavy atom. The zero-order valence-corrected chi connectivity index (χ0v) is 10.2. The van der Waals surface area contributed by atoms with Gasteiger partial charge in [0, 0.05) is 27.2 Å². The molecule has 0 aromatic rings. The van der Waals surface area contributed by atoms with Crippen LogP contribution in [0.1, 0.15) is 13.3 Å². The van der Waals surface area contributed by atoms with Crippen LogP contribution in [0.4, 0.5) is 4.79 Å². The first-order chi connectivity index (χ1) is 6.90. The minimum atomic E-state index is -3.22. The molecule has 15 heavy (non-hydrogen) atoms. The summed E-state index contributed by atoms with van der Waals surface area (Å²) in [4.78, 5) is 11.0. The van der Waals surface area contributed by atoms with Gasteiger partial charge in [-0.2, -0.15) is 0 Å². The molecule has 0 heterocycles. The Bertz CT molecular complexity index is 288. The second kappa shape index (κ2) is 6.62. The van der Waals surface area contributed by atoms with E-state index in [0.29, 0.717) is 6.54 Å². The molecule has 0 fully saturated rings. The van der Waals surface area contributed by atoms with Gasteiger partial charge in [-0.05, 0) is 6.42 Å². The molecule has 2 amide bonds. The molecule has 0 atom stereocenters. The predicted molar refractivity (Wildman–Crippen MR) is 59.2 cm³/mol. The van der Waals surface area contributed by atoms with Crippen LogP contribution in [0.5, 0.6) is 0 Å².